The van der Waals surface area contributed by atoms with Gasteiger partial charge in [-0.2, -0.15) is 0 Å². The molecule has 0 saturated heterocycles. The van der Waals surface area contributed by atoms with E-state index in [-0.39, 0.29) is 6.42 Å². The number of carbonyl (C=O) groups is 3. The van der Waals surface area contributed by atoms with Crippen molar-refractivity contribution in [2.24, 2.45) is 0 Å². The minimum atomic E-state index is -1.80. The van der Waals surface area contributed by atoms with E-state index in [4.69, 9.17) is 5.11 Å². The summed E-state index contributed by atoms with van der Waals surface area (Å²) >= 11 is 0. The maximum Gasteiger partial charge on any atom is 0.171 e. The number of hydrogen-bond donors (Lipinski definition) is 2. The summed E-state index contributed by atoms with van der Waals surface area (Å²) in [5.41, 5.74) is -1.80. The van der Waals surface area contributed by atoms with Crippen LogP contribution in [0.15, 0.2) is 0 Å². The topological polar surface area (TPSA) is 91.7 Å². The van der Waals surface area contributed by atoms with Crippen molar-refractivity contribution in [2.75, 3.05) is 6.61 Å². The van der Waals surface area contributed by atoms with Gasteiger partial charge in [0.15, 0.2) is 11.6 Å². The first-order chi connectivity index (χ1) is 5.94. The molecule has 0 bridgehead atoms. The highest BCUT2D eigenvalue weighted by Gasteiger charge is 2.30. The number of aliphatic hydroxyl groups is 2. The van der Waals surface area contributed by atoms with Gasteiger partial charge in [0.05, 0.1) is 6.42 Å². The number of hydrogen-bond acceptors (Lipinski definition) is 5. The second-order valence-corrected chi connectivity index (χ2v) is 2.94. The van der Waals surface area contributed by atoms with Gasteiger partial charge < -0.3 is 15.0 Å². The van der Waals surface area contributed by atoms with Gasteiger partial charge in [0.25, 0.3) is 0 Å². The van der Waals surface area contributed by atoms with Crippen LogP contribution in [0.2, 0.25) is 0 Å². The lowest BCUT2D eigenvalue weighted by Crippen LogP contribution is -2.37. The summed E-state index contributed by atoms with van der Waals surface area (Å²) in [6.07, 6.45) is -0.483. The molecule has 0 aromatic rings. The third-order valence-corrected chi connectivity index (χ3v) is 1.62. The van der Waals surface area contributed by atoms with E-state index in [0.717, 1.165) is 6.92 Å². The van der Waals surface area contributed by atoms with Crippen molar-refractivity contribution in [2.45, 2.75) is 25.4 Å². The smallest absolute Gasteiger partial charge is 0.171 e. The van der Waals surface area contributed by atoms with E-state index in [1.165, 1.54) is 0 Å². The number of ketones is 2. The van der Waals surface area contributed by atoms with Crippen LogP contribution >= 0.6 is 0 Å². The van der Waals surface area contributed by atoms with Crippen molar-refractivity contribution < 1.29 is 24.6 Å². The summed E-state index contributed by atoms with van der Waals surface area (Å²) in [6.45, 7) is 0.428. The summed E-state index contributed by atoms with van der Waals surface area (Å²) in [5.74, 6) is -1.42. The second-order valence-electron chi connectivity index (χ2n) is 2.94. The average Bonchev–Trinajstić information content (AvgIpc) is 2.04. The zero-order chi connectivity index (χ0) is 10.5. The molecule has 0 radical (unpaired) electrons. The fraction of sp³-hybridized carbons (Fsp3) is 0.625. The summed E-state index contributed by atoms with van der Waals surface area (Å²) in [6, 6.07) is 0. The van der Waals surface area contributed by atoms with Crippen LogP contribution in [0.5, 0.6) is 0 Å². The van der Waals surface area contributed by atoms with E-state index >= 15 is 0 Å². The molecular weight excluding hydrogens is 176 g/mol. The monoisotopic (exact) mass is 188 g/mol. The van der Waals surface area contributed by atoms with Gasteiger partial charge in [-0.15, -0.1) is 0 Å². The highest BCUT2D eigenvalue weighted by molar-refractivity contribution is 6.03. The van der Waals surface area contributed by atoms with Gasteiger partial charge in [0.2, 0.25) is 0 Å². The van der Waals surface area contributed by atoms with Gasteiger partial charge in [-0.1, -0.05) is 0 Å². The molecule has 74 valence electrons. The largest absolute Gasteiger partial charge is 0.389 e. The predicted molar refractivity (Wildman–Crippen MR) is 43.0 cm³/mol. The molecule has 1 atom stereocenters. The summed E-state index contributed by atoms with van der Waals surface area (Å²) in [5, 5.41) is 17.6. The Morgan fingerprint density at radius 1 is 1.46 bits per heavy atom. The average molecular weight is 188 g/mol. The lowest BCUT2D eigenvalue weighted by atomic mass is 9.94. The first-order valence-corrected chi connectivity index (χ1v) is 3.76. The Morgan fingerprint density at radius 3 is 2.38 bits per heavy atom. The minimum absolute atomic E-state index is 0.343. The molecule has 13 heavy (non-hydrogen) atoms. The Balaban J connectivity index is 4.24. The molecule has 2 N–H and O–H groups in total. The van der Waals surface area contributed by atoms with Gasteiger partial charge in [0.1, 0.15) is 18.5 Å². The van der Waals surface area contributed by atoms with E-state index in [1.54, 1.807) is 0 Å². The highest BCUT2D eigenvalue weighted by atomic mass is 16.3. The summed E-state index contributed by atoms with van der Waals surface area (Å²) in [4.78, 5) is 31.7. The fourth-order valence-corrected chi connectivity index (χ4v) is 0.701. The van der Waals surface area contributed by atoms with Gasteiger partial charge in [-0.25, -0.2) is 0 Å². The number of aldehydes is 1. The Labute approximate surface area is 75.4 Å². The molecule has 1 unspecified atom stereocenters. The highest BCUT2D eigenvalue weighted by Crippen LogP contribution is 2.11. The van der Waals surface area contributed by atoms with Crippen molar-refractivity contribution in [1.82, 2.24) is 0 Å². The van der Waals surface area contributed by atoms with Crippen LogP contribution in [-0.4, -0.2) is 40.3 Å². The Bertz CT molecular complexity index is 219. The van der Waals surface area contributed by atoms with E-state index < -0.39 is 30.2 Å². The first kappa shape index (κ1) is 11.9. The molecule has 0 rings (SSSR count). The molecule has 0 aliphatic carbocycles. The molecule has 0 spiro atoms. The van der Waals surface area contributed by atoms with Crippen molar-refractivity contribution in [3.8, 4) is 0 Å². The van der Waals surface area contributed by atoms with Crippen LogP contribution in [0.1, 0.15) is 19.8 Å². The van der Waals surface area contributed by atoms with Crippen molar-refractivity contribution in [1.29, 1.82) is 0 Å². The van der Waals surface area contributed by atoms with Gasteiger partial charge in [-0.05, 0) is 6.92 Å². The number of rotatable bonds is 6. The van der Waals surface area contributed by atoms with Gasteiger partial charge in [0, 0.05) is 6.42 Å². The van der Waals surface area contributed by atoms with Crippen LogP contribution < -0.4 is 0 Å². The summed E-state index contributed by atoms with van der Waals surface area (Å²) in [7, 11) is 0. The molecule has 0 saturated carbocycles. The maximum absolute atomic E-state index is 11.1. The van der Waals surface area contributed by atoms with Crippen LogP contribution in [0.4, 0.5) is 0 Å². The normalized spacial score (nSPS) is 14.7. The molecule has 0 aromatic carbocycles. The molecule has 0 amide bonds. The quantitative estimate of drug-likeness (QED) is 0.405. The zero-order valence-electron chi connectivity index (χ0n) is 7.32. The maximum atomic E-state index is 11.1. The van der Waals surface area contributed by atoms with Crippen LogP contribution in [0.3, 0.4) is 0 Å². The number of aliphatic hydroxyl groups excluding tert-OH is 1. The van der Waals surface area contributed by atoms with Crippen LogP contribution in [0, 0.1) is 0 Å². The molecule has 5 nitrogen and oxygen atoms in total. The Kier molecular flexibility index (Phi) is 4.44. The van der Waals surface area contributed by atoms with Crippen molar-refractivity contribution in [3.63, 3.8) is 0 Å². The van der Waals surface area contributed by atoms with E-state index in [9.17, 15) is 19.5 Å². The lowest BCUT2D eigenvalue weighted by Gasteiger charge is -2.17. The molecular formula is C8H12O5. The molecule has 0 heterocycles. The Morgan fingerprint density at radius 2 is 2.00 bits per heavy atom. The molecule has 0 aromatic heterocycles. The zero-order valence-corrected chi connectivity index (χ0v) is 7.32. The third-order valence-electron chi connectivity index (χ3n) is 1.62. The molecule has 0 aliphatic heterocycles. The first-order valence-electron chi connectivity index (χ1n) is 3.76. The SMILES string of the molecule is CC(O)(CC=O)C(=O)CC(=O)CO. The Hall–Kier alpha value is -1.07. The number of Topliss-reactive ketones (excluding diaryl/α,β-unsaturated/α-hetero) is 2. The minimum Gasteiger partial charge on any atom is -0.389 e. The van der Waals surface area contributed by atoms with E-state index in [1.807, 2.05) is 0 Å². The molecule has 0 aliphatic rings. The van der Waals surface area contributed by atoms with E-state index in [2.05, 4.69) is 0 Å². The lowest BCUT2D eigenvalue weighted by molar-refractivity contribution is -0.142. The fourth-order valence-electron chi connectivity index (χ4n) is 0.701. The van der Waals surface area contributed by atoms with Crippen molar-refractivity contribution >= 4 is 17.9 Å². The standard InChI is InChI=1S/C8H12O5/c1-8(13,2-3-9)7(12)4-6(11)5-10/h3,10,13H,2,4-5H2,1H3. The van der Waals surface area contributed by atoms with Crippen LogP contribution in [0.25, 0.3) is 0 Å². The van der Waals surface area contributed by atoms with Gasteiger partial charge in [-0.3, -0.25) is 9.59 Å². The van der Waals surface area contributed by atoms with E-state index in [0.29, 0.717) is 6.29 Å². The van der Waals surface area contributed by atoms with Crippen molar-refractivity contribution in [3.05, 3.63) is 0 Å². The van der Waals surface area contributed by atoms with Crippen LogP contribution in [-0.2, 0) is 14.4 Å². The number of carbonyl (C=O) groups excluding carboxylic acids is 3. The third kappa shape index (κ3) is 3.91. The predicted octanol–water partition coefficient (Wildman–Crippen LogP) is -1.15. The summed E-state index contributed by atoms with van der Waals surface area (Å²) < 4.78 is 0. The van der Waals surface area contributed by atoms with Gasteiger partial charge >= 0.3 is 0 Å². The second kappa shape index (κ2) is 4.84. The molecule has 0 fully saturated rings. The molecule has 5 heteroatoms.